The van der Waals surface area contributed by atoms with Crippen molar-refractivity contribution in [2.24, 2.45) is 0 Å². The molecule has 1 amide bonds. The van der Waals surface area contributed by atoms with Gasteiger partial charge in [-0.2, -0.15) is 0 Å². The number of nitrogens with zero attached hydrogens (tertiary/aromatic N) is 3. The monoisotopic (exact) mass is 489 g/mol. The maximum absolute atomic E-state index is 13.1. The van der Waals surface area contributed by atoms with Crippen molar-refractivity contribution < 1.29 is 17.6 Å². The number of benzene rings is 2. The van der Waals surface area contributed by atoms with Crippen molar-refractivity contribution in [3.63, 3.8) is 0 Å². The molecule has 2 aromatic carbocycles. The molecule has 0 aliphatic heterocycles. The lowest BCUT2D eigenvalue weighted by atomic mass is 10.3. The van der Waals surface area contributed by atoms with Crippen LogP contribution in [-0.4, -0.2) is 30.0 Å². The van der Waals surface area contributed by atoms with Crippen molar-refractivity contribution >= 4 is 54.0 Å². The van der Waals surface area contributed by atoms with Crippen molar-refractivity contribution in [3.05, 3.63) is 83.4 Å². The molecule has 0 radical (unpaired) electrons. The summed E-state index contributed by atoms with van der Waals surface area (Å²) >= 11 is 7.53. The molecule has 4 rings (SSSR count). The molecule has 0 unspecified atom stereocenters. The van der Waals surface area contributed by atoms with Gasteiger partial charge in [0, 0.05) is 12.6 Å². The molecular weight excluding hydrogens is 473 g/mol. The molecule has 0 atom stereocenters. The average molecular weight is 490 g/mol. The van der Waals surface area contributed by atoms with Crippen LogP contribution in [0.5, 0.6) is 0 Å². The van der Waals surface area contributed by atoms with Gasteiger partial charge in [-0.3, -0.25) is 14.7 Å². The number of amides is 1. The fourth-order valence-corrected chi connectivity index (χ4v) is 5.56. The summed E-state index contributed by atoms with van der Waals surface area (Å²) in [5.74, 6) is -1.37. The van der Waals surface area contributed by atoms with E-state index >= 15 is 0 Å². The van der Waals surface area contributed by atoms with E-state index in [9.17, 15) is 17.6 Å². The summed E-state index contributed by atoms with van der Waals surface area (Å²) in [4.78, 5) is 23.3. The molecule has 0 bridgehead atoms. The van der Waals surface area contributed by atoms with Crippen molar-refractivity contribution in [1.82, 2.24) is 9.97 Å². The molecule has 0 spiro atoms. The second kappa shape index (κ2) is 9.32. The zero-order valence-electron chi connectivity index (χ0n) is 16.6. The molecular formula is C22H17ClFN3O3S2. The number of fused-ring (bicyclic) bond motifs is 1. The summed E-state index contributed by atoms with van der Waals surface area (Å²) < 4.78 is 39.2. The van der Waals surface area contributed by atoms with E-state index in [1.165, 1.54) is 28.4 Å². The standard InChI is InChI=1S/C22H17ClFN3O3S2/c23-18-5-3-6-19-21(18)26-22(31-19)27(14-16-4-1-2-12-25-16)20(28)11-13-32(29,30)17-9-7-15(24)8-10-17/h1-10,12H,11,13-14H2. The van der Waals surface area contributed by atoms with Gasteiger partial charge in [0.1, 0.15) is 11.3 Å². The second-order valence-electron chi connectivity index (χ2n) is 6.91. The number of sulfone groups is 1. The van der Waals surface area contributed by atoms with E-state index in [-0.39, 0.29) is 17.9 Å². The number of hydrogen-bond donors (Lipinski definition) is 0. The largest absolute Gasteiger partial charge is 0.282 e. The Morgan fingerprint density at radius 3 is 2.53 bits per heavy atom. The number of rotatable bonds is 7. The minimum absolute atomic E-state index is 0.0326. The summed E-state index contributed by atoms with van der Waals surface area (Å²) in [6, 6.07) is 15.2. The predicted octanol–water partition coefficient (Wildman–Crippen LogP) is 4.88. The summed E-state index contributed by atoms with van der Waals surface area (Å²) in [6.45, 7) is 0.133. The lowest BCUT2D eigenvalue weighted by Gasteiger charge is -2.19. The molecule has 0 saturated heterocycles. The number of thiazole rings is 1. The maximum Gasteiger partial charge on any atom is 0.230 e. The first-order chi connectivity index (χ1) is 15.3. The maximum atomic E-state index is 13.1. The van der Waals surface area contributed by atoms with Crippen LogP contribution in [0.2, 0.25) is 5.02 Å². The number of carbonyl (C=O) groups excluding carboxylic acids is 1. The third-order valence-corrected chi connectivity index (χ3v) is 7.77. The molecule has 164 valence electrons. The Morgan fingerprint density at radius 1 is 1.06 bits per heavy atom. The SMILES string of the molecule is O=C(CCS(=O)(=O)c1ccc(F)cc1)N(Cc1ccccn1)c1nc2c(Cl)cccc2s1. The fourth-order valence-electron chi connectivity index (χ4n) is 3.05. The van der Waals surface area contributed by atoms with Crippen molar-refractivity contribution in [2.45, 2.75) is 17.9 Å². The lowest BCUT2D eigenvalue weighted by Crippen LogP contribution is -2.32. The van der Waals surface area contributed by atoms with Crippen LogP contribution < -0.4 is 4.90 Å². The van der Waals surface area contributed by atoms with Gasteiger partial charge >= 0.3 is 0 Å². The average Bonchev–Trinajstić information content (AvgIpc) is 3.22. The van der Waals surface area contributed by atoms with Crippen LogP contribution in [0.3, 0.4) is 0 Å². The highest BCUT2D eigenvalue weighted by atomic mass is 35.5. The molecule has 0 fully saturated rings. The minimum Gasteiger partial charge on any atom is -0.282 e. The van der Waals surface area contributed by atoms with Gasteiger partial charge in [-0.1, -0.05) is 35.1 Å². The van der Waals surface area contributed by atoms with Crippen LogP contribution in [0.15, 0.2) is 71.8 Å². The number of halogens is 2. The Kier molecular flexibility index (Phi) is 6.50. The first-order valence-corrected chi connectivity index (χ1v) is 12.4. The van der Waals surface area contributed by atoms with Crippen LogP contribution in [0, 0.1) is 5.82 Å². The third-order valence-electron chi connectivity index (χ3n) is 4.69. The summed E-state index contributed by atoms with van der Waals surface area (Å²) in [7, 11) is -3.76. The van der Waals surface area contributed by atoms with Gasteiger partial charge < -0.3 is 0 Å². The van der Waals surface area contributed by atoms with E-state index in [1.54, 1.807) is 36.5 Å². The predicted molar refractivity (Wildman–Crippen MR) is 123 cm³/mol. The van der Waals surface area contributed by atoms with Crippen LogP contribution in [0.4, 0.5) is 9.52 Å². The summed E-state index contributed by atoms with van der Waals surface area (Å²) in [5, 5.41) is 0.872. The number of carbonyl (C=O) groups is 1. The Labute approximate surface area is 193 Å². The number of hydrogen-bond acceptors (Lipinski definition) is 6. The fraction of sp³-hybridized carbons (Fsp3) is 0.136. The van der Waals surface area contributed by atoms with Gasteiger partial charge in [-0.25, -0.2) is 17.8 Å². The molecule has 2 aromatic heterocycles. The number of anilines is 1. The Balaban J connectivity index is 1.61. The molecule has 4 aromatic rings. The van der Waals surface area contributed by atoms with E-state index in [0.29, 0.717) is 21.4 Å². The van der Waals surface area contributed by atoms with Crippen LogP contribution in [0.1, 0.15) is 12.1 Å². The molecule has 10 heteroatoms. The van der Waals surface area contributed by atoms with Gasteiger partial charge in [-0.15, -0.1) is 0 Å². The Hall–Kier alpha value is -2.88. The van der Waals surface area contributed by atoms with E-state index in [0.717, 1.165) is 16.8 Å². The van der Waals surface area contributed by atoms with Gasteiger partial charge in [0.25, 0.3) is 0 Å². The van der Waals surface area contributed by atoms with Gasteiger partial charge in [0.2, 0.25) is 5.91 Å². The third kappa shape index (κ3) is 4.95. The van der Waals surface area contributed by atoms with E-state index in [2.05, 4.69) is 9.97 Å². The van der Waals surface area contributed by atoms with Crippen LogP contribution in [0.25, 0.3) is 10.2 Å². The number of para-hydroxylation sites is 1. The highest BCUT2D eigenvalue weighted by molar-refractivity contribution is 7.91. The van der Waals surface area contributed by atoms with Gasteiger partial charge in [0.15, 0.2) is 15.0 Å². The summed E-state index contributed by atoms with van der Waals surface area (Å²) in [6.07, 6.45) is 1.35. The van der Waals surface area contributed by atoms with Crippen molar-refractivity contribution in [3.8, 4) is 0 Å². The number of aromatic nitrogens is 2. The first-order valence-electron chi connectivity index (χ1n) is 9.57. The molecule has 0 aliphatic rings. The van der Waals surface area contributed by atoms with Crippen molar-refractivity contribution in [2.75, 3.05) is 10.7 Å². The zero-order chi connectivity index (χ0) is 22.7. The second-order valence-corrected chi connectivity index (χ2v) is 10.4. The van der Waals surface area contributed by atoms with Gasteiger partial charge in [-0.05, 0) is 48.5 Å². The topological polar surface area (TPSA) is 80.2 Å². The molecule has 0 aliphatic carbocycles. The first kappa shape index (κ1) is 22.3. The normalized spacial score (nSPS) is 11.6. The highest BCUT2D eigenvalue weighted by Crippen LogP contribution is 2.33. The van der Waals surface area contributed by atoms with Crippen LogP contribution >= 0.6 is 22.9 Å². The molecule has 0 saturated carbocycles. The van der Waals surface area contributed by atoms with E-state index in [1.807, 2.05) is 6.07 Å². The van der Waals surface area contributed by atoms with E-state index in [4.69, 9.17) is 11.6 Å². The lowest BCUT2D eigenvalue weighted by molar-refractivity contribution is -0.118. The number of pyridine rings is 1. The smallest absolute Gasteiger partial charge is 0.230 e. The van der Waals surface area contributed by atoms with Crippen molar-refractivity contribution in [1.29, 1.82) is 0 Å². The quantitative estimate of drug-likeness (QED) is 0.345. The molecule has 0 N–H and O–H groups in total. The molecule has 2 heterocycles. The van der Waals surface area contributed by atoms with Crippen LogP contribution in [-0.2, 0) is 21.2 Å². The molecule has 6 nitrogen and oxygen atoms in total. The minimum atomic E-state index is -3.76. The van der Waals surface area contributed by atoms with E-state index < -0.39 is 27.3 Å². The Bertz CT molecular complexity index is 1360. The molecule has 32 heavy (non-hydrogen) atoms. The van der Waals surface area contributed by atoms with Gasteiger partial charge in [0.05, 0.1) is 32.6 Å². The summed E-state index contributed by atoms with van der Waals surface area (Å²) in [5.41, 5.74) is 1.21. The Morgan fingerprint density at radius 2 is 1.84 bits per heavy atom. The highest BCUT2D eigenvalue weighted by Gasteiger charge is 2.24. The zero-order valence-corrected chi connectivity index (χ0v) is 19.0.